The molecule has 164 valence electrons. The molecule has 1 heterocycles. The number of benzene rings is 3. The van der Waals surface area contributed by atoms with E-state index in [0.29, 0.717) is 36.4 Å². The average molecular weight is 431 g/mol. The molecular weight excluding hydrogens is 404 g/mol. The summed E-state index contributed by atoms with van der Waals surface area (Å²) in [5.74, 6) is 0.989. The van der Waals surface area contributed by atoms with Gasteiger partial charge in [-0.25, -0.2) is 0 Å². The lowest BCUT2D eigenvalue weighted by Crippen LogP contribution is -2.48. The van der Waals surface area contributed by atoms with Gasteiger partial charge in [-0.05, 0) is 47.9 Å². The topological polar surface area (TPSA) is 67.9 Å². The summed E-state index contributed by atoms with van der Waals surface area (Å²) in [4.78, 5) is 28.0. The first-order valence-corrected chi connectivity index (χ1v) is 10.6. The minimum atomic E-state index is -0.578. The monoisotopic (exact) mass is 430 g/mol. The summed E-state index contributed by atoms with van der Waals surface area (Å²) in [7, 11) is 3.19. The summed E-state index contributed by atoms with van der Waals surface area (Å²) in [6.07, 6.45) is 1.13. The first-order valence-electron chi connectivity index (χ1n) is 10.6. The quantitative estimate of drug-likeness (QED) is 0.622. The van der Waals surface area contributed by atoms with Crippen LogP contribution in [0.25, 0.3) is 0 Å². The lowest BCUT2D eigenvalue weighted by atomic mass is 10.1. The van der Waals surface area contributed by atoms with Gasteiger partial charge in [0.1, 0.15) is 6.04 Å². The molecule has 4 rings (SSSR count). The van der Waals surface area contributed by atoms with Gasteiger partial charge < -0.3 is 14.8 Å². The van der Waals surface area contributed by atoms with E-state index in [9.17, 15) is 9.59 Å². The number of amides is 2. The fourth-order valence-electron chi connectivity index (χ4n) is 4.05. The highest BCUT2D eigenvalue weighted by molar-refractivity contribution is 6.11. The van der Waals surface area contributed by atoms with Crippen LogP contribution in [-0.4, -0.2) is 38.6 Å². The highest BCUT2D eigenvalue weighted by atomic mass is 16.5. The summed E-state index contributed by atoms with van der Waals surface area (Å²) < 4.78 is 10.6. The second-order valence-electron chi connectivity index (χ2n) is 7.62. The van der Waals surface area contributed by atoms with Gasteiger partial charge in [-0.2, -0.15) is 0 Å². The highest BCUT2D eigenvalue weighted by Crippen LogP contribution is 2.33. The Bertz CT molecular complexity index is 1110. The molecule has 6 nitrogen and oxygen atoms in total. The zero-order valence-corrected chi connectivity index (χ0v) is 18.2. The van der Waals surface area contributed by atoms with Crippen LogP contribution in [0.1, 0.15) is 21.5 Å². The maximum absolute atomic E-state index is 13.3. The van der Waals surface area contributed by atoms with Gasteiger partial charge in [0.25, 0.3) is 5.91 Å². The number of ether oxygens (including phenoxy) is 2. The van der Waals surface area contributed by atoms with E-state index in [4.69, 9.17) is 9.47 Å². The van der Waals surface area contributed by atoms with Crippen molar-refractivity contribution >= 4 is 17.5 Å². The standard InChI is InChI=1S/C26H26N2O4/c1-31-23-13-12-18(16-24(23)32-2)14-15-27-25(29)22-17-20-10-6-7-11-21(20)28(22)26(30)19-8-4-3-5-9-19/h3-13,16,22H,14-15,17H2,1-2H3,(H,27,29)/t22-/m0/s1. The van der Waals surface area contributed by atoms with Crippen LogP contribution in [0.15, 0.2) is 72.8 Å². The molecule has 0 aliphatic carbocycles. The number of carbonyl (C=O) groups excluding carboxylic acids is 2. The second-order valence-corrected chi connectivity index (χ2v) is 7.62. The van der Waals surface area contributed by atoms with E-state index in [0.717, 1.165) is 16.8 Å². The molecule has 0 unspecified atom stereocenters. The summed E-state index contributed by atoms with van der Waals surface area (Å²) in [6.45, 7) is 0.453. The summed E-state index contributed by atoms with van der Waals surface area (Å²) in [6, 6.07) is 21.9. The Hall–Kier alpha value is -3.80. The minimum Gasteiger partial charge on any atom is -0.493 e. The smallest absolute Gasteiger partial charge is 0.259 e. The van der Waals surface area contributed by atoms with Gasteiger partial charge in [0.2, 0.25) is 5.91 Å². The maximum atomic E-state index is 13.3. The number of nitrogens with zero attached hydrogens (tertiary/aromatic N) is 1. The van der Waals surface area contributed by atoms with Crippen LogP contribution in [0, 0.1) is 0 Å². The van der Waals surface area contributed by atoms with Crippen molar-refractivity contribution in [1.82, 2.24) is 5.32 Å². The van der Waals surface area contributed by atoms with Gasteiger partial charge >= 0.3 is 0 Å². The second kappa shape index (κ2) is 9.56. The SMILES string of the molecule is COc1ccc(CCNC(=O)[C@@H]2Cc3ccccc3N2C(=O)c2ccccc2)cc1OC. The van der Waals surface area contributed by atoms with E-state index < -0.39 is 6.04 Å². The Morgan fingerprint density at radius 2 is 1.66 bits per heavy atom. The zero-order valence-electron chi connectivity index (χ0n) is 18.2. The predicted octanol–water partition coefficient (Wildman–Crippen LogP) is 3.63. The fraction of sp³-hybridized carbons (Fsp3) is 0.231. The third-order valence-electron chi connectivity index (χ3n) is 5.68. The van der Waals surface area contributed by atoms with E-state index in [1.165, 1.54) is 0 Å². The van der Waals surface area contributed by atoms with Crippen LogP contribution in [0.2, 0.25) is 0 Å². The zero-order chi connectivity index (χ0) is 22.5. The molecule has 2 amide bonds. The molecule has 0 saturated carbocycles. The van der Waals surface area contributed by atoms with Crippen LogP contribution in [0.5, 0.6) is 11.5 Å². The molecule has 1 aliphatic rings. The van der Waals surface area contributed by atoms with Gasteiger partial charge in [-0.15, -0.1) is 0 Å². The third-order valence-corrected chi connectivity index (χ3v) is 5.68. The van der Waals surface area contributed by atoms with Crippen molar-refractivity contribution in [2.45, 2.75) is 18.9 Å². The number of hydrogen-bond acceptors (Lipinski definition) is 4. The van der Waals surface area contributed by atoms with Crippen molar-refractivity contribution in [3.05, 3.63) is 89.5 Å². The number of hydrogen-bond donors (Lipinski definition) is 1. The number of carbonyl (C=O) groups is 2. The molecule has 3 aromatic carbocycles. The van der Waals surface area contributed by atoms with E-state index >= 15 is 0 Å². The van der Waals surface area contributed by atoms with Gasteiger partial charge in [-0.1, -0.05) is 42.5 Å². The van der Waals surface area contributed by atoms with Crippen molar-refractivity contribution in [2.75, 3.05) is 25.7 Å². The molecule has 1 atom stereocenters. The molecule has 0 saturated heterocycles. The van der Waals surface area contributed by atoms with Crippen LogP contribution >= 0.6 is 0 Å². The summed E-state index contributed by atoms with van der Waals surface area (Å²) in [5.41, 5.74) is 3.38. The molecule has 0 radical (unpaired) electrons. The Balaban J connectivity index is 1.47. The Morgan fingerprint density at radius 1 is 0.938 bits per heavy atom. The molecule has 0 bridgehead atoms. The van der Waals surface area contributed by atoms with Gasteiger partial charge in [0, 0.05) is 24.2 Å². The molecule has 1 N–H and O–H groups in total. The average Bonchev–Trinajstić information content (AvgIpc) is 3.23. The lowest BCUT2D eigenvalue weighted by molar-refractivity contribution is -0.122. The van der Waals surface area contributed by atoms with Crippen LogP contribution < -0.4 is 19.7 Å². The minimum absolute atomic E-state index is 0.161. The number of fused-ring (bicyclic) bond motifs is 1. The van der Waals surface area contributed by atoms with E-state index in [2.05, 4.69) is 5.32 Å². The Labute approximate surface area is 187 Å². The van der Waals surface area contributed by atoms with Crippen molar-refractivity contribution in [1.29, 1.82) is 0 Å². The number of anilines is 1. The maximum Gasteiger partial charge on any atom is 0.259 e. The molecule has 1 aliphatic heterocycles. The van der Waals surface area contributed by atoms with Crippen LogP contribution in [0.3, 0.4) is 0 Å². The molecule has 0 spiro atoms. The summed E-state index contributed by atoms with van der Waals surface area (Å²) in [5, 5.41) is 3.01. The Morgan fingerprint density at radius 3 is 2.41 bits per heavy atom. The van der Waals surface area contributed by atoms with Crippen molar-refractivity contribution in [2.24, 2.45) is 0 Å². The van der Waals surface area contributed by atoms with Crippen LogP contribution in [0.4, 0.5) is 5.69 Å². The van der Waals surface area contributed by atoms with Crippen molar-refractivity contribution < 1.29 is 19.1 Å². The molecular formula is C26H26N2O4. The number of nitrogens with one attached hydrogen (secondary N) is 1. The first kappa shape index (κ1) is 21.4. The first-order chi connectivity index (χ1) is 15.6. The Kier molecular flexibility index (Phi) is 6.40. The number of rotatable bonds is 7. The molecule has 3 aromatic rings. The van der Waals surface area contributed by atoms with Crippen molar-refractivity contribution in [3.8, 4) is 11.5 Å². The molecule has 6 heteroatoms. The normalized spacial score (nSPS) is 14.6. The van der Waals surface area contributed by atoms with Gasteiger partial charge in [-0.3, -0.25) is 14.5 Å². The third kappa shape index (κ3) is 4.30. The number of methoxy groups -OCH3 is 2. The molecule has 0 fully saturated rings. The fourth-order valence-corrected chi connectivity index (χ4v) is 4.05. The van der Waals surface area contributed by atoms with E-state index in [1.807, 2.05) is 60.7 Å². The molecule has 32 heavy (non-hydrogen) atoms. The van der Waals surface area contributed by atoms with Crippen LogP contribution in [-0.2, 0) is 17.6 Å². The van der Waals surface area contributed by atoms with Gasteiger partial charge in [0.05, 0.1) is 14.2 Å². The van der Waals surface area contributed by atoms with E-state index in [-0.39, 0.29) is 11.8 Å². The lowest BCUT2D eigenvalue weighted by Gasteiger charge is -2.25. The molecule has 0 aromatic heterocycles. The van der Waals surface area contributed by atoms with Gasteiger partial charge in [0.15, 0.2) is 11.5 Å². The van der Waals surface area contributed by atoms with E-state index in [1.54, 1.807) is 31.3 Å². The largest absolute Gasteiger partial charge is 0.493 e. The predicted molar refractivity (Wildman–Crippen MR) is 123 cm³/mol. The summed E-state index contributed by atoms with van der Waals surface area (Å²) >= 11 is 0. The van der Waals surface area contributed by atoms with Crippen molar-refractivity contribution in [3.63, 3.8) is 0 Å². The highest BCUT2D eigenvalue weighted by Gasteiger charge is 2.38. The number of para-hydroxylation sites is 1.